The maximum Gasteiger partial charge on any atom is 0.0624 e. The highest BCUT2D eigenvalue weighted by atomic mass is 16.5. The van der Waals surface area contributed by atoms with Gasteiger partial charge in [-0.1, -0.05) is 33.1 Å². The molecule has 3 heteroatoms. The Morgan fingerprint density at radius 1 is 1.14 bits per heavy atom. The van der Waals surface area contributed by atoms with Gasteiger partial charge in [0, 0.05) is 25.2 Å². The highest BCUT2D eigenvalue weighted by molar-refractivity contribution is 4.87. The number of rotatable bonds is 6. The molecule has 0 aromatic heterocycles. The van der Waals surface area contributed by atoms with Crippen molar-refractivity contribution < 1.29 is 4.74 Å². The fourth-order valence-electron chi connectivity index (χ4n) is 4.09. The van der Waals surface area contributed by atoms with Crippen LogP contribution in [0.2, 0.25) is 0 Å². The van der Waals surface area contributed by atoms with E-state index in [-0.39, 0.29) is 0 Å². The first-order chi connectivity index (χ1) is 10.2. The van der Waals surface area contributed by atoms with Gasteiger partial charge < -0.3 is 10.1 Å². The molecule has 21 heavy (non-hydrogen) atoms. The number of hydrogen-bond acceptors (Lipinski definition) is 3. The third-order valence-corrected chi connectivity index (χ3v) is 5.41. The van der Waals surface area contributed by atoms with E-state index < -0.39 is 0 Å². The Morgan fingerprint density at radius 3 is 2.57 bits per heavy atom. The highest BCUT2D eigenvalue weighted by Gasteiger charge is 2.30. The molecule has 2 atom stereocenters. The van der Waals surface area contributed by atoms with Crippen LogP contribution in [0.25, 0.3) is 0 Å². The van der Waals surface area contributed by atoms with E-state index in [0.717, 1.165) is 19.1 Å². The van der Waals surface area contributed by atoms with Crippen molar-refractivity contribution in [2.75, 3.05) is 32.8 Å². The average molecular weight is 296 g/mol. The minimum atomic E-state index is 0.580. The third kappa shape index (κ3) is 5.22. The standard InChI is InChI=1S/C18H36N2O/c1-4-21-14-18(15(2)3)20-12-8-11-19-17(13-20)16-9-6-5-7-10-16/h15-19H,4-14H2,1-3H3. The van der Waals surface area contributed by atoms with E-state index in [9.17, 15) is 0 Å². The van der Waals surface area contributed by atoms with Gasteiger partial charge >= 0.3 is 0 Å². The molecule has 3 nitrogen and oxygen atoms in total. The van der Waals surface area contributed by atoms with Crippen molar-refractivity contribution in [2.24, 2.45) is 11.8 Å². The third-order valence-electron chi connectivity index (χ3n) is 5.41. The van der Waals surface area contributed by atoms with E-state index in [1.54, 1.807) is 0 Å². The number of ether oxygens (including phenoxy) is 1. The first-order valence-electron chi connectivity index (χ1n) is 9.27. The summed E-state index contributed by atoms with van der Waals surface area (Å²) in [4.78, 5) is 2.72. The molecule has 0 aromatic carbocycles. The lowest BCUT2D eigenvalue weighted by Gasteiger charge is -2.38. The fraction of sp³-hybridized carbons (Fsp3) is 1.00. The van der Waals surface area contributed by atoms with Crippen LogP contribution in [0.1, 0.15) is 59.3 Å². The van der Waals surface area contributed by atoms with Gasteiger partial charge in [0.25, 0.3) is 0 Å². The zero-order valence-electron chi connectivity index (χ0n) is 14.4. The lowest BCUT2D eigenvalue weighted by Crippen LogP contribution is -2.49. The van der Waals surface area contributed by atoms with E-state index in [1.165, 1.54) is 58.2 Å². The molecule has 0 amide bonds. The fourth-order valence-corrected chi connectivity index (χ4v) is 4.09. The van der Waals surface area contributed by atoms with Gasteiger partial charge in [-0.3, -0.25) is 4.90 Å². The molecule has 0 radical (unpaired) electrons. The van der Waals surface area contributed by atoms with Crippen molar-refractivity contribution in [1.29, 1.82) is 0 Å². The van der Waals surface area contributed by atoms with Crippen LogP contribution in [0.4, 0.5) is 0 Å². The molecule has 0 bridgehead atoms. The van der Waals surface area contributed by atoms with E-state index in [4.69, 9.17) is 4.74 Å². The molecule has 2 fully saturated rings. The summed E-state index contributed by atoms with van der Waals surface area (Å²) in [6.45, 7) is 12.2. The second kappa shape index (κ2) is 9.12. The molecule has 2 unspecified atom stereocenters. The van der Waals surface area contributed by atoms with Crippen LogP contribution in [0.5, 0.6) is 0 Å². The molecule has 1 saturated carbocycles. The summed E-state index contributed by atoms with van der Waals surface area (Å²) in [5, 5.41) is 3.85. The van der Waals surface area contributed by atoms with Crippen LogP contribution in [0.15, 0.2) is 0 Å². The lowest BCUT2D eigenvalue weighted by atomic mass is 9.83. The van der Waals surface area contributed by atoms with Crippen LogP contribution < -0.4 is 5.32 Å². The molecule has 1 heterocycles. The maximum atomic E-state index is 5.77. The van der Waals surface area contributed by atoms with E-state index in [0.29, 0.717) is 18.0 Å². The Kier molecular flexibility index (Phi) is 7.48. The number of hydrogen-bond donors (Lipinski definition) is 1. The molecular formula is C18H36N2O. The van der Waals surface area contributed by atoms with Crippen LogP contribution in [-0.2, 0) is 4.74 Å². The molecule has 1 N–H and O–H groups in total. The van der Waals surface area contributed by atoms with E-state index in [1.807, 2.05) is 0 Å². The van der Waals surface area contributed by atoms with Crippen molar-refractivity contribution in [3.63, 3.8) is 0 Å². The molecule has 0 aromatic rings. The summed E-state index contributed by atoms with van der Waals surface area (Å²) < 4.78 is 5.77. The second-order valence-electron chi connectivity index (χ2n) is 7.28. The zero-order valence-corrected chi connectivity index (χ0v) is 14.4. The minimum Gasteiger partial charge on any atom is -0.380 e. The summed E-state index contributed by atoms with van der Waals surface area (Å²) in [6, 6.07) is 1.28. The lowest BCUT2D eigenvalue weighted by molar-refractivity contribution is 0.0390. The van der Waals surface area contributed by atoms with Gasteiger partial charge in [-0.15, -0.1) is 0 Å². The summed E-state index contributed by atoms with van der Waals surface area (Å²) >= 11 is 0. The average Bonchev–Trinajstić information content (AvgIpc) is 2.74. The van der Waals surface area contributed by atoms with Gasteiger partial charge in [-0.2, -0.15) is 0 Å². The highest BCUT2D eigenvalue weighted by Crippen LogP contribution is 2.28. The molecule has 1 aliphatic heterocycles. The monoisotopic (exact) mass is 296 g/mol. The summed E-state index contributed by atoms with van der Waals surface area (Å²) in [5.41, 5.74) is 0. The van der Waals surface area contributed by atoms with Crippen LogP contribution >= 0.6 is 0 Å². The summed E-state index contributed by atoms with van der Waals surface area (Å²) in [7, 11) is 0. The van der Waals surface area contributed by atoms with E-state index >= 15 is 0 Å². The molecule has 2 aliphatic rings. The number of nitrogens with zero attached hydrogens (tertiary/aromatic N) is 1. The number of nitrogens with one attached hydrogen (secondary N) is 1. The normalized spacial score (nSPS) is 27.7. The molecule has 124 valence electrons. The summed E-state index contributed by atoms with van der Waals surface area (Å²) in [5.74, 6) is 1.57. The predicted octanol–water partition coefficient (Wildman–Crippen LogP) is 3.29. The largest absolute Gasteiger partial charge is 0.380 e. The Morgan fingerprint density at radius 2 is 1.90 bits per heavy atom. The van der Waals surface area contributed by atoms with Gasteiger partial charge in [0.2, 0.25) is 0 Å². The summed E-state index contributed by atoms with van der Waals surface area (Å²) in [6.07, 6.45) is 8.47. The minimum absolute atomic E-state index is 0.580. The van der Waals surface area contributed by atoms with Crippen molar-refractivity contribution in [1.82, 2.24) is 10.2 Å². The molecule has 1 saturated heterocycles. The first-order valence-corrected chi connectivity index (χ1v) is 9.27. The molecule has 2 rings (SSSR count). The van der Waals surface area contributed by atoms with E-state index in [2.05, 4.69) is 31.0 Å². The van der Waals surface area contributed by atoms with Crippen LogP contribution in [0, 0.1) is 11.8 Å². The van der Waals surface area contributed by atoms with Crippen LogP contribution in [-0.4, -0.2) is 49.8 Å². The van der Waals surface area contributed by atoms with Gasteiger partial charge in [0.05, 0.1) is 6.61 Å². The molecular weight excluding hydrogens is 260 g/mol. The predicted molar refractivity (Wildman–Crippen MR) is 89.7 cm³/mol. The van der Waals surface area contributed by atoms with Gasteiger partial charge in [0.1, 0.15) is 0 Å². The smallest absolute Gasteiger partial charge is 0.0624 e. The topological polar surface area (TPSA) is 24.5 Å². The van der Waals surface area contributed by atoms with Crippen molar-refractivity contribution in [3.8, 4) is 0 Å². The maximum absolute atomic E-state index is 5.77. The van der Waals surface area contributed by atoms with Gasteiger partial charge in [-0.25, -0.2) is 0 Å². The van der Waals surface area contributed by atoms with Crippen molar-refractivity contribution >= 4 is 0 Å². The second-order valence-corrected chi connectivity index (χ2v) is 7.28. The quantitative estimate of drug-likeness (QED) is 0.814. The van der Waals surface area contributed by atoms with Crippen molar-refractivity contribution in [3.05, 3.63) is 0 Å². The van der Waals surface area contributed by atoms with Crippen molar-refractivity contribution in [2.45, 2.75) is 71.4 Å². The Bertz CT molecular complexity index is 276. The Hall–Kier alpha value is -0.120. The first kappa shape index (κ1) is 17.2. The van der Waals surface area contributed by atoms with Gasteiger partial charge in [-0.05, 0) is 51.1 Å². The molecule has 1 aliphatic carbocycles. The van der Waals surface area contributed by atoms with Gasteiger partial charge in [0.15, 0.2) is 0 Å². The Labute approximate surface area is 131 Å². The SMILES string of the molecule is CCOCC(C(C)C)N1CCCNC(C2CCCCC2)C1. The van der Waals surface area contributed by atoms with Crippen LogP contribution in [0.3, 0.4) is 0 Å². The zero-order chi connectivity index (χ0) is 15.1. The Balaban J connectivity index is 1.96. The molecule has 0 spiro atoms.